The predicted molar refractivity (Wildman–Crippen MR) is 44.4 cm³/mol. The number of ether oxygens (including phenoxy) is 1. The number of carbonyl (C=O) groups excluding carboxylic acids is 1. The van der Waals surface area contributed by atoms with Crippen LogP contribution in [0.4, 0.5) is 0 Å². The number of hydrogen-bond acceptors (Lipinski definition) is 2. The normalized spacial score (nSPS) is 40.6. The van der Waals surface area contributed by atoms with Crippen molar-refractivity contribution in [3.63, 3.8) is 0 Å². The van der Waals surface area contributed by atoms with Crippen LogP contribution in [0.15, 0.2) is 0 Å². The van der Waals surface area contributed by atoms with Gasteiger partial charge in [0.15, 0.2) is 5.60 Å². The summed E-state index contributed by atoms with van der Waals surface area (Å²) in [5.74, 6) is 0.407. The van der Waals surface area contributed by atoms with E-state index >= 15 is 0 Å². The Hall–Kier alpha value is -0.570. The van der Waals surface area contributed by atoms with E-state index in [9.17, 15) is 4.79 Å². The average Bonchev–Trinajstić information content (AvgIpc) is 2.55. The Bertz CT molecular complexity index is 213. The highest BCUT2D eigenvalue weighted by atomic mass is 16.6. The highest BCUT2D eigenvalue weighted by molar-refractivity contribution is 5.86. The van der Waals surface area contributed by atoms with Gasteiger partial charge in [0.1, 0.15) is 0 Å². The van der Waals surface area contributed by atoms with Gasteiger partial charge in [0.25, 0.3) is 5.91 Å². The monoisotopic (exact) mass is 169 g/mol. The Kier molecular flexibility index (Phi) is 1.65. The standard InChI is InChI=1S/C9H15NO2/c1-6-9(12-6,8(10)11)5-7-3-2-4-7/h6-7H,2-5H2,1H3,(H2,10,11). The minimum absolute atomic E-state index is 0.0515. The maximum atomic E-state index is 11.1. The Balaban J connectivity index is 1.95. The maximum absolute atomic E-state index is 11.1. The van der Waals surface area contributed by atoms with Crippen LogP contribution in [0.3, 0.4) is 0 Å². The molecular weight excluding hydrogens is 154 g/mol. The van der Waals surface area contributed by atoms with Crippen LogP contribution in [-0.4, -0.2) is 17.6 Å². The first-order valence-corrected chi connectivity index (χ1v) is 4.63. The molecule has 0 aromatic carbocycles. The van der Waals surface area contributed by atoms with Crippen LogP contribution in [0.1, 0.15) is 32.6 Å². The Labute approximate surface area is 72.3 Å². The molecule has 3 heteroatoms. The molecular formula is C9H15NO2. The Morgan fingerprint density at radius 1 is 1.67 bits per heavy atom. The predicted octanol–water partition coefficient (Wildman–Crippen LogP) is 0.819. The number of rotatable bonds is 3. The van der Waals surface area contributed by atoms with E-state index in [1.807, 2.05) is 6.92 Å². The summed E-state index contributed by atoms with van der Waals surface area (Å²) in [6.07, 6.45) is 4.68. The van der Waals surface area contributed by atoms with Crippen LogP contribution in [0, 0.1) is 5.92 Å². The van der Waals surface area contributed by atoms with Gasteiger partial charge in [0.2, 0.25) is 0 Å². The summed E-state index contributed by atoms with van der Waals surface area (Å²) in [6.45, 7) is 1.92. The molecule has 2 atom stereocenters. The van der Waals surface area contributed by atoms with Crippen molar-refractivity contribution in [1.82, 2.24) is 0 Å². The number of primary amides is 1. The summed E-state index contributed by atoms with van der Waals surface area (Å²) in [5, 5.41) is 0. The minimum atomic E-state index is -0.578. The van der Waals surface area contributed by atoms with Gasteiger partial charge < -0.3 is 10.5 Å². The van der Waals surface area contributed by atoms with Crippen molar-refractivity contribution in [3.8, 4) is 0 Å². The first-order valence-electron chi connectivity index (χ1n) is 4.63. The lowest BCUT2D eigenvalue weighted by Crippen LogP contribution is -2.37. The molecule has 68 valence electrons. The van der Waals surface area contributed by atoms with Gasteiger partial charge in [0.05, 0.1) is 6.10 Å². The number of hydrogen-bond donors (Lipinski definition) is 1. The van der Waals surface area contributed by atoms with Gasteiger partial charge in [-0.15, -0.1) is 0 Å². The van der Waals surface area contributed by atoms with Crippen LogP contribution in [0.25, 0.3) is 0 Å². The SMILES string of the molecule is CC1OC1(CC1CCC1)C(N)=O. The molecule has 2 rings (SSSR count). The molecule has 1 saturated heterocycles. The van der Waals surface area contributed by atoms with Crippen molar-refractivity contribution >= 4 is 5.91 Å². The lowest BCUT2D eigenvalue weighted by Gasteiger charge is -2.27. The van der Waals surface area contributed by atoms with Crippen molar-refractivity contribution in [1.29, 1.82) is 0 Å². The van der Waals surface area contributed by atoms with E-state index in [2.05, 4.69) is 0 Å². The van der Waals surface area contributed by atoms with Crippen LogP contribution in [-0.2, 0) is 9.53 Å². The molecule has 1 amide bonds. The Morgan fingerprint density at radius 2 is 2.25 bits per heavy atom. The van der Waals surface area contributed by atoms with Crippen molar-refractivity contribution in [2.75, 3.05) is 0 Å². The molecule has 1 aliphatic carbocycles. The molecule has 0 radical (unpaired) electrons. The first-order chi connectivity index (χ1) is 5.65. The topological polar surface area (TPSA) is 55.6 Å². The smallest absolute Gasteiger partial charge is 0.252 e. The molecule has 0 spiro atoms. The lowest BCUT2D eigenvalue weighted by molar-refractivity contribution is -0.124. The van der Waals surface area contributed by atoms with Gasteiger partial charge in [-0.1, -0.05) is 19.3 Å². The van der Waals surface area contributed by atoms with E-state index < -0.39 is 5.60 Å². The fourth-order valence-electron chi connectivity index (χ4n) is 1.98. The molecule has 1 saturated carbocycles. The van der Waals surface area contributed by atoms with Gasteiger partial charge in [-0.05, 0) is 19.3 Å². The van der Waals surface area contributed by atoms with Crippen LogP contribution in [0.2, 0.25) is 0 Å². The van der Waals surface area contributed by atoms with E-state index in [1.165, 1.54) is 19.3 Å². The van der Waals surface area contributed by atoms with Crippen molar-refractivity contribution in [2.45, 2.75) is 44.3 Å². The van der Waals surface area contributed by atoms with E-state index in [1.54, 1.807) is 0 Å². The molecule has 1 aliphatic heterocycles. The highest BCUT2D eigenvalue weighted by Gasteiger charge is 2.59. The third kappa shape index (κ3) is 1.04. The van der Waals surface area contributed by atoms with Gasteiger partial charge in [-0.3, -0.25) is 4.79 Å². The second-order valence-electron chi connectivity index (χ2n) is 4.01. The summed E-state index contributed by atoms with van der Waals surface area (Å²) >= 11 is 0. The van der Waals surface area contributed by atoms with Gasteiger partial charge in [-0.25, -0.2) is 0 Å². The third-order valence-corrected chi connectivity index (χ3v) is 3.22. The minimum Gasteiger partial charge on any atom is -0.367 e. The summed E-state index contributed by atoms with van der Waals surface area (Å²) < 4.78 is 5.30. The number of carbonyl (C=O) groups is 1. The number of nitrogens with two attached hydrogens (primary N) is 1. The van der Waals surface area contributed by atoms with E-state index in [-0.39, 0.29) is 12.0 Å². The highest BCUT2D eigenvalue weighted by Crippen LogP contribution is 2.45. The fourth-order valence-corrected chi connectivity index (χ4v) is 1.98. The molecule has 3 nitrogen and oxygen atoms in total. The van der Waals surface area contributed by atoms with E-state index in [0.29, 0.717) is 5.92 Å². The molecule has 1 heterocycles. The van der Waals surface area contributed by atoms with Crippen molar-refractivity contribution < 1.29 is 9.53 Å². The van der Waals surface area contributed by atoms with Crippen LogP contribution in [0.5, 0.6) is 0 Å². The molecule has 0 aromatic rings. The maximum Gasteiger partial charge on any atom is 0.252 e. The largest absolute Gasteiger partial charge is 0.367 e. The zero-order chi connectivity index (χ0) is 8.77. The lowest BCUT2D eigenvalue weighted by atomic mass is 9.78. The van der Waals surface area contributed by atoms with Gasteiger partial charge in [-0.2, -0.15) is 0 Å². The average molecular weight is 169 g/mol. The summed E-state index contributed by atoms with van der Waals surface area (Å²) in [5.41, 5.74) is 4.71. The zero-order valence-electron chi connectivity index (χ0n) is 7.38. The summed E-state index contributed by atoms with van der Waals surface area (Å²) in [4.78, 5) is 11.1. The quantitative estimate of drug-likeness (QED) is 0.636. The van der Waals surface area contributed by atoms with Crippen LogP contribution >= 0.6 is 0 Å². The van der Waals surface area contributed by atoms with Crippen molar-refractivity contribution in [3.05, 3.63) is 0 Å². The fraction of sp³-hybridized carbons (Fsp3) is 0.889. The van der Waals surface area contributed by atoms with E-state index in [4.69, 9.17) is 10.5 Å². The first kappa shape index (κ1) is 8.05. The Morgan fingerprint density at radius 3 is 2.50 bits per heavy atom. The van der Waals surface area contributed by atoms with Crippen molar-refractivity contribution in [2.24, 2.45) is 11.7 Å². The zero-order valence-corrected chi connectivity index (χ0v) is 7.38. The van der Waals surface area contributed by atoms with Crippen LogP contribution < -0.4 is 5.73 Å². The molecule has 2 unspecified atom stereocenters. The summed E-state index contributed by atoms with van der Waals surface area (Å²) in [6, 6.07) is 0. The molecule has 2 fully saturated rings. The van der Waals surface area contributed by atoms with E-state index in [0.717, 1.165) is 6.42 Å². The number of amides is 1. The van der Waals surface area contributed by atoms with Gasteiger partial charge >= 0.3 is 0 Å². The second kappa shape index (κ2) is 2.46. The third-order valence-electron chi connectivity index (χ3n) is 3.22. The second-order valence-corrected chi connectivity index (χ2v) is 4.01. The summed E-state index contributed by atoms with van der Waals surface area (Å²) in [7, 11) is 0. The molecule has 2 N–H and O–H groups in total. The van der Waals surface area contributed by atoms with Gasteiger partial charge in [0, 0.05) is 0 Å². The number of epoxide rings is 1. The molecule has 0 aromatic heterocycles. The molecule has 0 bridgehead atoms. The molecule has 2 aliphatic rings. The molecule has 12 heavy (non-hydrogen) atoms.